The van der Waals surface area contributed by atoms with Gasteiger partial charge in [0.15, 0.2) is 0 Å². The number of hydrogen-bond acceptors (Lipinski definition) is 3. The monoisotopic (exact) mass is 177 g/mol. The first-order chi connectivity index (χ1) is 6.27. The van der Waals surface area contributed by atoms with Crippen molar-refractivity contribution in [2.75, 3.05) is 0 Å². The Morgan fingerprint density at radius 1 is 1.54 bits per heavy atom. The van der Waals surface area contributed by atoms with Crippen LogP contribution >= 0.6 is 0 Å². The number of ether oxygens (including phenoxy) is 1. The number of benzene rings is 1. The van der Waals surface area contributed by atoms with Gasteiger partial charge in [-0.15, -0.1) is 0 Å². The summed E-state index contributed by atoms with van der Waals surface area (Å²) in [6, 6.07) is 5.70. The Bertz CT molecular complexity index is 408. The Morgan fingerprint density at radius 3 is 3.15 bits per heavy atom. The molecule has 0 bridgehead atoms. The molecule has 0 saturated carbocycles. The summed E-state index contributed by atoms with van der Waals surface area (Å²) in [7, 11) is 0. The van der Waals surface area contributed by atoms with Crippen molar-refractivity contribution < 1.29 is 4.74 Å². The maximum atomic E-state index is 5.52. The lowest BCUT2D eigenvalue weighted by Crippen LogP contribution is -2.22. The smallest absolute Gasteiger partial charge is 0.149 e. The predicted octanol–water partition coefficient (Wildman–Crippen LogP) is 1.25. The Kier molecular flexibility index (Phi) is 1.90. The van der Waals surface area contributed by atoms with Crippen molar-refractivity contribution in [3.8, 4) is 5.75 Å². The molecule has 4 heteroatoms. The number of aromatic amines is 1. The second-order valence-corrected chi connectivity index (χ2v) is 2.88. The molecule has 0 aliphatic carbocycles. The Hall–Kier alpha value is -1.55. The lowest BCUT2D eigenvalue weighted by Gasteiger charge is -2.09. The van der Waals surface area contributed by atoms with Crippen molar-refractivity contribution in [3.63, 3.8) is 0 Å². The van der Waals surface area contributed by atoms with E-state index in [1.807, 2.05) is 18.2 Å². The Morgan fingerprint density at radius 2 is 2.38 bits per heavy atom. The Labute approximate surface area is 75.7 Å². The van der Waals surface area contributed by atoms with Crippen molar-refractivity contribution in [1.82, 2.24) is 9.97 Å². The maximum Gasteiger partial charge on any atom is 0.149 e. The summed E-state index contributed by atoms with van der Waals surface area (Å²) < 4.78 is 5.38. The fraction of sp³-hybridized carbons (Fsp3) is 0.222. The summed E-state index contributed by atoms with van der Waals surface area (Å²) in [6.07, 6.45) is 1.32. The topological polar surface area (TPSA) is 63.9 Å². The number of nitrogens with one attached hydrogen (secondary N) is 1. The van der Waals surface area contributed by atoms with Gasteiger partial charge in [-0.25, -0.2) is 4.98 Å². The first kappa shape index (κ1) is 8.07. The van der Waals surface area contributed by atoms with Gasteiger partial charge >= 0.3 is 0 Å². The summed E-state index contributed by atoms with van der Waals surface area (Å²) in [6.45, 7) is 1.78. The van der Waals surface area contributed by atoms with E-state index in [0.29, 0.717) is 5.75 Å². The zero-order valence-electron chi connectivity index (χ0n) is 7.32. The lowest BCUT2D eigenvalue weighted by molar-refractivity contribution is 0.232. The molecule has 0 aliphatic heterocycles. The van der Waals surface area contributed by atoms with E-state index in [9.17, 15) is 0 Å². The minimum absolute atomic E-state index is 0.317. The van der Waals surface area contributed by atoms with Gasteiger partial charge in [-0.1, -0.05) is 6.07 Å². The molecular formula is C9H11N3O. The summed E-state index contributed by atoms with van der Waals surface area (Å²) in [5.74, 6) is 0.716. The Balaban J connectivity index is 2.48. The van der Waals surface area contributed by atoms with Gasteiger partial charge in [-0.05, 0) is 19.1 Å². The van der Waals surface area contributed by atoms with Gasteiger partial charge < -0.3 is 9.72 Å². The fourth-order valence-electron chi connectivity index (χ4n) is 1.23. The van der Waals surface area contributed by atoms with Crippen molar-refractivity contribution in [2.45, 2.75) is 13.2 Å². The number of nitrogens with two attached hydrogens (primary N) is 1. The summed E-state index contributed by atoms with van der Waals surface area (Å²) in [5, 5.41) is 0. The molecule has 4 nitrogen and oxygen atoms in total. The first-order valence-corrected chi connectivity index (χ1v) is 4.12. The van der Waals surface area contributed by atoms with Crippen LogP contribution in [0.25, 0.3) is 11.0 Å². The van der Waals surface area contributed by atoms with E-state index >= 15 is 0 Å². The molecule has 0 spiro atoms. The van der Waals surface area contributed by atoms with E-state index in [0.717, 1.165) is 11.0 Å². The van der Waals surface area contributed by atoms with E-state index < -0.39 is 0 Å². The molecule has 2 aromatic rings. The van der Waals surface area contributed by atoms with Crippen LogP contribution in [-0.4, -0.2) is 16.2 Å². The number of para-hydroxylation sites is 1. The molecular weight excluding hydrogens is 166 g/mol. The third kappa shape index (κ3) is 1.48. The van der Waals surface area contributed by atoms with E-state index in [1.54, 1.807) is 13.3 Å². The van der Waals surface area contributed by atoms with Gasteiger partial charge in [0.1, 0.15) is 17.5 Å². The quantitative estimate of drug-likeness (QED) is 0.678. The number of hydrogen-bond donors (Lipinski definition) is 2. The highest BCUT2D eigenvalue weighted by atomic mass is 16.5. The highest BCUT2D eigenvalue weighted by Gasteiger charge is 2.04. The summed E-state index contributed by atoms with van der Waals surface area (Å²) in [5.41, 5.74) is 7.30. The average Bonchev–Trinajstić information content (AvgIpc) is 2.51. The molecule has 13 heavy (non-hydrogen) atoms. The molecule has 0 saturated heterocycles. The van der Waals surface area contributed by atoms with E-state index in [1.165, 1.54) is 0 Å². The molecule has 1 aromatic heterocycles. The molecule has 2 rings (SSSR count). The van der Waals surface area contributed by atoms with Crippen LogP contribution in [0.4, 0.5) is 0 Å². The normalized spacial score (nSPS) is 13.1. The van der Waals surface area contributed by atoms with Gasteiger partial charge in [0.2, 0.25) is 0 Å². The largest absolute Gasteiger partial charge is 0.474 e. The molecule has 68 valence electrons. The van der Waals surface area contributed by atoms with Crippen LogP contribution in [0, 0.1) is 0 Å². The van der Waals surface area contributed by atoms with E-state index in [4.69, 9.17) is 10.5 Å². The van der Waals surface area contributed by atoms with Gasteiger partial charge in [0.25, 0.3) is 0 Å². The number of aromatic nitrogens is 2. The van der Waals surface area contributed by atoms with Crippen LogP contribution in [0.5, 0.6) is 5.75 Å². The maximum absolute atomic E-state index is 5.52. The molecule has 1 heterocycles. The minimum Gasteiger partial charge on any atom is -0.474 e. The van der Waals surface area contributed by atoms with E-state index in [-0.39, 0.29) is 6.23 Å². The lowest BCUT2D eigenvalue weighted by atomic mass is 10.3. The second kappa shape index (κ2) is 3.06. The number of imidazole rings is 1. The standard InChI is InChI=1S/C9H11N3O/c1-6(10)13-8-4-2-3-7-9(8)12-5-11-7/h2-6H,10H2,1H3,(H,11,12). The van der Waals surface area contributed by atoms with Crippen molar-refractivity contribution in [3.05, 3.63) is 24.5 Å². The number of rotatable bonds is 2. The molecule has 0 aliphatic rings. The van der Waals surface area contributed by atoms with Crippen molar-refractivity contribution >= 4 is 11.0 Å². The number of H-pyrrole nitrogens is 1. The van der Waals surface area contributed by atoms with Crippen molar-refractivity contribution in [1.29, 1.82) is 0 Å². The van der Waals surface area contributed by atoms with Crippen LogP contribution in [0.1, 0.15) is 6.92 Å². The van der Waals surface area contributed by atoms with Crippen LogP contribution in [0.3, 0.4) is 0 Å². The molecule has 0 radical (unpaired) electrons. The zero-order valence-corrected chi connectivity index (χ0v) is 7.32. The third-order valence-electron chi connectivity index (χ3n) is 1.73. The number of nitrogens with zero attached hydrogens (tertiary/aromatic N) is 1. The molecule has 3 N–H and O–H groups in total. The average molecular weight is 177 g/mol. The number of fused-ring (bicyclic) bond motifs is 1. The second-order valence-electron chi connectivity index (χ2n) is 2.88. The predicted molar refractivity (Wildman–Crippen MR) is 50.4 cm³/mol. The first-order valence-electron chi connectivity index (χ1n) is 4.12. The molecule has 1 atom stereocenters. The van der Waals surface area contributed by atoms with Crippen LogP contribution in [0.15, 0.2) is 24.5 Å². The van der Waals surface area contributed by atoms with Gasteiger partial charge in [-0.2, -0.15) is 0 Å². The highest BCUT2D eigenvalue weighted by molar-refractivity contribution is 5.81. The van der Waals surface area contributed by atoms with Crippen molar-refractivity contribution in [2.24, 2.45) is 5.73 Å². The SMILES string of the molecule is CC(N)Oc1cccc2[nH]cnc12. The molecule has 1 aromatic carbocycles. The van der Waals surface area contributed by atoms with Crippen LogP contribution in [-0.2, 0) is 0 Å². The minimum atomic E-state index is -0.317. The fourth-order valence-corrected chi connectivity index (χ4v) is 1.23. The summed E-state index contributed by atoms with van der Waals surface area (Å²) in [4.78, 5) is 7.14. The zero-order chi connectivity index (χ0) is 9.26. The van der Waals surface area contributed by atoms with Gasteiger partial charge in [0.05, 0.1) is 11.8 Å². The van der Waals surface area contributed by atoms with Gasteiger partial charge in [0, 0.05) is 0 Å². The molecule has 0 amide bonds. The van der Waals surface area contributed by atoms with Crippen LogP contribution in [0.2, 0.25) is 0 Å². The third-order valence-corrected chi connectivity index (χ3v) is 1.73. The van der Waals surface area contributed by atoms with Gasteiger partial charge in [-0.3, -0.25) is 5.73 Å². The highest BCUT2D eigenvalue weighted by Crippen LogP contribution is 2.22. The van der Waals surface area contributed by atoms with E-state index in [2.05, 4.69) is 9.97 Å². The molecule has 0 fully saturated rings. The van der Waals surface area contributed by atoms with Crippen LogP contribution < -0.4 is 10.5 Å². The summed E-state index contributed by atoms with van der Waals surface area (Å²) >= 11 is 0. The molecule has 1 unspecified atom stereocenters.